The molecule has 162 valence electrons. The fraction of sp³-hybridized carbons (Fsp3) is 0.739. The van der Waals surface area contributed by atoms with E-state index >= 15 is 0 Å². The van der Waals surface area contributed by atoms with Gasteiger partial charge in [0, 0.05) is 24.9 Å². The summed E-state index contributed by atoms with van der Waals surface area (Å²) in [5.74, 6) is 0. The first kappa shape index (κ1) is 22.9. The lowest BCUT2D eigenvalue weighted by Crippen LogP contribution is -2.47. The summed E-state index contributed by atoms with van der Waals surface area (Å²) in [4.78, 5) is 2.47. The molecule has 0 amide bonds. The summed E-state index contributed by atoms with van der Waals surface area (Å²) in [6.45, 7) is 22.1. The van der Waals surface area contributed by atoms with Gasteiger partial charge in [-0.05, 0) is 76.3 Å². The molecule has 1 aromatic rings. The van der Waals surface area contributed by atoms with Gasteiger partial charge < -0.3 is 18.6 Å². The first-order valence-electron chi connectivity index (χ1n) is 11.1. The lowest BCUT2D eigenvalue weighted by molar-refractivity contribution is 0.00578. The Morgan fingerprint density at radius 2 is 1.45 bits per heavy atom. The van der Waals surface area contributed by atoms with Crippen molar-refractivity contribution in [3.8, 4) is 0 Å². The van der Waals surface area contributed by atoms with Crippen LogP contribution in [0.5, 0.6) is 0 Å². The maximum Gasteiger partial charge on any atom is 0.494 e. The highest BCUT2D eigenvalue weighted by Gasteiger charge is 2.51. The number of anilines is 1. The maximum atomic E-state index is 6.63. The minimum absolute atomic E-state index is 0.271. The van der Waals surface area contributed by atoms with Crippen molar-refractivity contribution in [1.82, 2.24) is 0 Å². The van der Waals surface area contributed by atoms with Crippen LogP contribution >= 0.6 is 0 Å². The molecule has 0 spiro atoms. The number of nitrogens with zero attached hydrogens (tertiary/aromatic N) is 1. The molecule has 29 heavy (non-hydrogen) atoms. The van der Waals surface area contributed by atoms with Gasteiger partial charge in [-0.15, -0.1) is 0 Å². The average Bonchev–Trinajstić information content (AvgIpc) is 2.82. The van der Waals surface area contributed by atoms with Gasteiger partial charge >= 0.3 is 7.12 Å². The van der Waals surface area contributed by atoms with Crippen molar-refractivity contribution in [1.29, 1.82) is 0 Å². The molecule has 2 aliphatic rings. The molecule has 0 N–H and O–H groups in total. The van der Waals surface area contributed by atoms with Gasteiger partial charge in [0.25, 0.3) is 0 Å². The van der Waals surface area contributed by atoms with E-state index in [0.717, 1.165) is 31.4 Å². The molecule has 2 heterocycles. The van der Waals surface area contributed by atoms with Gasteiger partial charge in [0.2, 0.25) is 0 Å². The van der Waals surface area contributed by atoms with Crippen molar-refractivity contribution in [2.45, 2.75) is 96.7 Å². The summed E-state index contributed by atoms with van der Waals surface area (Å²) >= 11 is 0. The minimum Gasteiger partial charge on any atom is -0.414 e. The smallest absolute Gasteiger partial charge is 0.414 e. The van der Waals surface area contributed by atoms with E-state index in [-0.39, 0.29) is 23.4 Å². The van der Waals surface area contributed by atoms with Crippen molar-refractivity contribution >= 4 is 26.6 Å². The van der Waals surface area contributed by atoms with E-state index < -0.39 is 8.32 Å². The van der Waals surface area contributed by atoms with Gasteiger partial charge in [0.05, 0.1) is 11.2 Å². The molecule has 4 nitrogen and oxygen atoms in total. The van der Waals surface area contributed by atoms with Crippen LogP contribution in [-0.4, -0.2) is 45.8 Å². The van der Waals surface area contributed by atoms with Gasteiger partial charge in [0.1, 0.15) is 0 Å². The van der Waals surface area contributed by atoms with Gasteiger partial charge in [-0.2, -0.15) is 0 Å². The van der Waals surface area contributed by atoms with Crippen molar-refractivity contribution in [3.05, 3.63) is 24.3 Å². The van der Waals surface area contributed by atoms with Crippen molar-refractivity contribution < 1.29 is 13.7 Å². The molecule has 2 fully saturated rings. The highest BCUT2D eigenvalue weighted by Crippen LogP contribution is 2.39. The SMILES string of the molecule is CC1(C)OB(c2ccc(N3CCC(O[Si](C)(C)C(C)(C)C)CC3)cc2)OC1(C)C. The van der Waals surface area contributed by atoms with Crippen LogP contribution in [0.15, 0.2) is 24.3 Å². The predicted octanol–water partition coefficient (Wildman–Crippen LogP) is 4.98. The first-order chi connectivity index (χ1) is 13.2. The lowest BCUT2D eigenvalue weighted by atomic mass is 9.79. The normalized spacial score (nSPS) is 22.9. The van der Waals surface area contributed by atoms with E-state index in [1.165, 1.54) is 5.69 Å². The summed E-state index contributed by atoms with van der Waals surface area (Å²) < 4.78 is 19.0. The fourth-order valence-electron chi connectivity index (χ4n) is 3.65. The van der Waals surface area contributed by atoms with Crippen molar-refractivity contribution in [3.63, 3.8) is 0 Å². The first-order valence-corrected chi connectivity index (χ1v) is 14.0. The molecule has 6 heteroatoms. The fourth-order valence-corrected chi connectivity index (χ4v) is 5.07. The molecule has 0 atom stereocenters. The van der Waals surface area contributed by atoms with Crippen LogP contribution in [-0.2, 0) is 13.7 Å². The van der Waals surface area contributed by atoms with E-state index in [1.54, 1.807) is 0 Å². The van der Waals surface area contributed by atoms with Crippen LogP contribution in [0.1, 0.15) is 61.3 Å². The van der Waals surface area contributed by atoms with Crippen molar-refractivity contribution in [2.75, 3.05) is 18.0 Å². The lowest BCUT2D eigenvalue weighted by Gasteiger charge is -2.42. The molecule has 0 aliphatic carbocycles. The number of rotatable bonds is 4. The minimum atomic E-state index is -1.69. The van der Waals surface area contributed by atoms with E-state index in [4.69, 9.17) is 13.7 Å². The average molecular weight is 417 g/mol. The summed E-state index contributed by atoms with van der Waals surface area (Å²) in [6, 6.07) is 8.70. The molecule has 2 aliphatic heterocycles. The Bertz CT molecular complexity index is 688. The summed E-state index contributed by atoms with van der Waals surface area (Å²) in [5, 5.41) is 0.271. The Balaban J connectivity index is 1.57. The summed E-state index contributed by atoms with van der Waals surface area (Å²) in [6.07, 6.45) is 2.60. The number of piperidine rings is 1. The van der Waals surface area contributed by atoms with E-state index in [1.807, 2.05) is 0 Å². The summed E-state index contributed by atoms with van der Waals surface area (Å²) in [7, 11) is -1.98. The van der Waals surface area contributed by atoms with Crippen LogP contribution in [0.25, 0.3) is 0 Å². The van der Waals surface area contributed by atoms with E-state index in [0.29, 0.717) is 6.10 Å². The van der Waals surface area contributed by atoms with Crippen LogP contribution in [0, 0.1) is 0 Å². The largest absolute Gasteiger partial charge is 0.494 e. The second-order valence-corrected chi connectivity index (χ2v) is 16.0. The molecule has 0 unspecified atom stereocenters. The van der Waals surface area contributed by atoms with Crippen LogP contribution < -0.4 is 10.4 Å². The zero-order valence-corrected chi connectivity index (χ0v) is 21.0. The number of benzene rings is 1. The Hall–Kier alpha value is -0.818. The third kappa shape index (κ3) is 4.76. The van der Waals surface area contributed by atoms with E-state index in [2.05, 4.69) is 90.7 Å². The quantitative estimate of drug-likeness (QED) is 0.647. The predicted molar refractivity (Wildman–Crippen MR) is 126 cm³/mol. The summed E-state index contributed by atoms with van der Waals surface area (Å²) in [5.41, 5.74) is 1.75. The van der Waals surface area contributed by atoms with Crippen LogP contribution in [0.2, 0.25) is 18.1 Å². The van der Waals surface area contributed by atoms with Gasteiger partial charge in [-0.3, -0.25) is 0 Å². The standard InChI is InChI=1S/C23H40BNO3Si/c1-21(2,3)29(8,9)26-20-14-16-25(17-15-20)19-12-10-18(11-13-19)24-27-22(4,5)23(6,7)28-24/h10-13,20H,14-17H2,1-9H3. The second kappa shape index (κ2) is 7.70. The maximum absolute atomic E-state index is 6.63. The Morgan fingerprint density at radius 1 is 0.966 bits per heavy atom. The monoisotopic (exact) mass is 417 g/mol. The zero-order valence-electron chi connectivity index (χ0n) is 20.0. The molecule has 2 saturated heterocycles. The molecule has 0 radical (unpaired) electrons. The molecular formula is C23H40BNO3Si. The Kier molecular flexibility index (Phi) is 6.07. The Labute approximate surface area is 179 Å². The topological polar surface area (TPSA) is 30.9 Å². The number of hydrogen-bond acceptors (Lipinski definition) is 4. The molecule has 0 saturated carbocycles. The highest BCUT2D eigenvalue weighted by molar-refractivity contribution is 6.74. The van der Waals surface area contributed by atoms with E-state index in [9.17, 15) is 0 Å². The van der Waals surface area contributed by atoms with Crippen molar-refractivity contribution in [2.24, 2.45) is 0 Å². The third-order valence-corrected chi connectivity index (χ3v) is 12.0. The Morgan fingerprint density at radius 3 is 1.90 bits per heavy atom. The molecular weight excluding hydrogens is 377 g/mol. The van der Waals surface area contributed by atoms with Crippen LogP contribution in [0.4, 0.5) is 5.69 Å². The molecule has 3 rings (SSSR count). The molecule has 0 bridgehead atoms. The molecule has 0 aromatic heterocycles. The number of hydrogen-bond donors (Lipinski definition) is 0. The zero-order chi connectivity index (χ0) is 21.7. The second-order valence-electron chi connectivity index (χ2n) is 11.2. The third-order valence-electron chi connectivity index (χ3n) is 7.49. The highest BCUT2D eigenvalue weighted by atomic mass is 28.4. The van der Waals surface area contributed by atoms with Crippen LogP contribution in [0.3, 0.4) is 0 Å². The van der Waals surface area contributed by atoms with Gasteiger partial charge in [-0.1, -0.05) is 32.9 Å². The molecule has 1 aromatic carbocycles. The van der Waals surface area contributed by atoms with Gasteiger partial charge in [0.15, 0.2) is 8.32 Å². The van der Waals surface area contributed by atoms with Gasteiger partial charge in [-0.25, -0.2) is 0 Å².